The van der Waals surface area contributed by atoms with Crippen LogP contribution in [0.3, 0.4) is 0 Å². The monoisotopic (exact) mass is 432 g/mol. The molecule has 2 aromatic carbocycles. The fourth-order valence-corrected chi connectivity index (χ4v) is 3.46. The van der Waals surface area contributed by atoms with Gasteiger partial charge < -0.3 is 5.32 Å². The molecule has 0 saturated carbocycles. The maximum atomic E-state index is 12.8. The summed E-state index contributed by atoms with van der Waals surface area (Å²) in [6.45, 7) is 0.309. The topological polar surface area (TPSA) is 85.6 Å². The van der Waals surface area contributed by atoms with Crippen molar-refractivity contribution in [2.24, 2.45) is 0 Å². The zero-order chi connectivity index (χ0) is 22.5. The minimum Gasteiger partial charge on any atom is -0.348 e. The first kappa shape index (κ1) is 20.3. The van der Waals surface area contributed by atoms with Gasteiger partial charge in [-0.05, 0) is 24.3 Å². The number of para-hydroxylation sites is 1. The first-order valence-electron chi connectivity index (χ1n) is 10.5. The van der Waals surface area contributed by atoms with Gasteiger partial charge >= 0.3 is 0 Å². The number of carbonyl (C=O) groups is 1. The number of rotatable bonds is 6. The number of aromatic nitrogens is 5. The molecule has 0 aliphatic heterocycles. The molecule has 3 aromatic heterocycles. The van der Waals surface area contributed by atoms with Crippen LogP contribution in [-0.2, 0) is 6.54 Å². The molecule has 5 rings (SSSR count). The van der Waals surface area contributed by atoms with Crippen molar-refractivity contribution < 1.29 is 4.79 Å². The van der Waals surface area contributed by atoms with Crippen LogP contribution in [0.2, 0.25) is 0 Å². The minimum atomic E-state index is -0.247. The Hall–Kier alpha value is -4.65. The molecule has 7 heteroatoms. The highest BCUT2D eigenvalue weighted by atomic mass is 16.1. The van der Waals surface area contributed by atoms with E-state index in [0.717, 1.165) is 28.1 Å². The molecule has 0 fully saturated rings. The van der Waals surface area contributed by atoms with Crippen molar-refractivity contribution in [2.75, 3.05) is 0 Å². The standard InChI is InChI=1S/C26H20N6O/c33-26(21-15-28-25(29-16-21)20-7-3-1-4-8-20)30-17-22-18-32(23-9-5-2-6-10-23)31-24(22)19-11-13-27-14-12-19/h1-16,18H,17H2,(H,30,33). The lowest BCUT2D eigenvalue weighted by atomic mass is 10.1. The Kier molecular flexibility index (Phi) is 5.67. The van der Waals surface area contributed by atoms with Gasteiger partial charge in [-0.2, -0.15) is 5.10 Å². The van der Waals surface area contributed by atoms with E-state index in [-0.39, 0.29) is 5.91 Å². The molecule has 0 unspecified atom stereocenters. The van der Waals surface area contributed by atoms with E-state index >= 15 is 0 Å². The SMILES string of the molecule is O=C(NCc1cn(-c2ccccc2)nc1-c1ccncc1)c1cnc(-c2ccccc2)nc1. The Morgan fingerprint density at radius 3 is 2.18 bits per heavy atom. The molecule has 0 saturated heterocycles. The number of nitrogens with one attached hydrogen (secondary N) is 1. The van der Waals surface area contributed by atoms with Gasteiger partial charge in [0, 0.05) is 54.2 Å². The molecule has 0 radical (unpaired) electrons. The molecule has 0 aliphatic rings. The summed E-state index contributed by atoms with van der Waals surface area (Å²) >= 11 is 0. The fraction of sp³-hybridized carbons (Fsp3) is 0.0385. The number of hydrogen-bond donors (Lipinski definition) is 1. The summed E-state index contributed by atoms with van der Waals surface area (Å²) < 4.78 is 1.81. The van der Waals surface area contributed by atoms with Gasteiger partial charge in [-0.25, -0.2) is 14.6 Å². The Labute approximate surface area is 190 Å². The summed E-state index contributed by atoms with van der Waals surface area (Å²) in [6.07, 6.45) is 8.47. The quantitative estimate of drug-likeness (QED) is 0.432. The van der Waals surface area contributed by atoms with Crippen LogP contribution in [0.15, 0.2) is 104 Å². The average molecular weight is 432 g/mol. The first-order valence-corrected chi connectivity index (χ1v) is 10.5. The second kappa shape index (κ2) is 9.23. The smallest absolute Gasteiger partial charge is 0.254 e. The Morgan fingerprint density at radius 2 is 1.48 bits per heavy atom. The lowest BCUT2D eigenvalue weighted by Gasteiger charge is -2.06. The molecule has 1 amide bonds. The number of amides is 1. The third-order valence-electron chi connectivity index (χ3n) is 5.15. The highest BCUT2D eigenvalue weighted by molar-refractivity contribution is 5.93. The molecule has 0 spiro atoms. The number of nitrogens with zero attached hydrogens (tertiary/aromatic N) is 5. The van der Waals surface area contributed by atoms with Crippen molar-refractivity contribution >= 4 is 5.91 Å². The second-order valence-corrected chi connectivity index (χ2v) is 7.36. The average Bonchev–Trinajstić information content (AvgIpc) is 3.33. The predicted molar refractivity (Wildman–Crippen MR) is 125 cm³/mol. The van der Waals surface area contributed by atoms with Gasteiger partial charge in [-0.1, -0.05) is 48.5 Å². The maximum Gasteiger partial charge on any atom is 0.254 e. The molecule has 5 aromatic rings. The van der Waals surface area contributed by atoms with Crippen LogP contribution < -0.4 is 5.32 Å². The Balaban J connectivity index is 1.36. The van der Waals surface area contributed by atoms with E-state index in [0.29, 0.717) is 17.9 Å². The van der Waals surface area contributed by atoms with Crippen LogP contribution in [0, 0.1) is 0 Å². The second-order valence-electron chi connectivity index (χ2n) is 7.36. The predicted octanol–water partition coefficient (Wildman–Crippen LogP) is 4.32. The van der Waals surface area contributed by atoms with Gasteiger partial charge in [0.25, 0.3) is 5.91 Å². The molecule has 33 heavy (non-hydrogen) atoms. The van der Waals surface area contributed by atoms with E-state index in [1.165, 1.54) is 0 Å². The van der Waals surface area contributed by atoms with Crippen LogP contribution in [0.1, 0.15) is 15.9 Å². The molecular weight excluding hydrogens is 412 g/mol. The Morgan fingerprint density at radius 1 is 0.818 bits per heavy atom. The fourth-order valence-electron chi connectivity index (χ4n) is 3.46. The van der Waals surface area contributed by atoms with Crippen molar-refractivity contribution in [1.29, 1.82) is 0 Å². The zero-order valence-electron chi connectivity index (χ0n) is 17.7. The normalized spacial score (nSPS) is 10.7. The summed E-state index contributed by atoms with van der Waals surface area (Å²) in [7, 11) is 0. The highest BCUT2D eigenvalue weighted by Gasteiger charge is 2.14. The third-order valence-corrected chi connectivity index (χ3v) is 5.15. The molecule has 1 N–H and O–H groups in total. The summed E-state index contributed by atoms with van der Waals surface area (Å²) in [5.74, 6) is 0.332. The molecule has 3 heterocycles. The largest absolute Gasteiger partial charge is 0.348 e. The molecule has 7 nitrogen and oxygen atoms in total. The van der Waals surface area contributed by atoms with E-state index in [4.69, 9.17) is 5.10 Å². The van der Waals surface area contributed by atoms with Crippen LogP contribution in [-0.4, -0.2) is 30.6 Å². The van der Waals surface area contributed by atoms with Crippen molar-refractivity contribution in [3.8, 4) is 28.3 Å². The van der Waals surface area contributed by atoms with Gasteiger partial charge in [0.15, 0.2) is 5.82 Å². The lowest BCUT2D eigenvalue weighted by molar-refractivity contribution is 0.0950. The molecule has 0 aliphatic carbocycles. The van der Waals surface area contributed by atoms with Gasteiger partial charge in [0.05, 0.1) is 16.9 Å². The van der Waals surface area contributed by atoms with Gasteiger partial charge in [0.2, 0.25) is 0 Å². The number of hydrogen-bond acceptors (Lipinski definition) is 5. The van der Waals surface area contributed by atoms with E-state index in [1.54, 1.807) is 24.8 Å². The van der Waals surface area contributed by atoms with Gasteiger partial charge in [0.1, 0.15) is 0 Å². The summed E-state index contributed by atoms with van der Waals surface area (Å²) in [6, 6.07) is 23.3. The van der Waals surface area contributed by atoms with Crippen molar-refractivity contribution in [3.63, 3.8) is 0 Å². The van der Waals surface area contributed by atoms with Crippen LogP contribution >= 0.6 is 0 Å². The van der Waals surface area contributed by atoms with E-state index in [9.17, 15) is 4.79 Å². The summed E-state index contributed by atoms with van der Waals surface area (Å²) in [5, 5.41) is 7.72. The van der Waals surface area contributed by atoms with Gasteiger partial charge in [-0.3, -0.25) is 9.78 Å². The number of carbonyl (C=O) groups excluding carboxylic acids is 1. The van der Waals surface area contributed by atoms with Crippen molar-refractivity contribution in [1.82, 2.24) is 30.0 Å². The summed E-state index contributed by atoms with van der Waals surface area (Å²) in [4.78, 5) is 25.5. The number of pyridine rings is 1. The lowest BCUT2D eigenvalue weighted by Crippen LogP contribution is -2.23. The molecule has 160 valence electrons. The van der Waals surface area contributed by atoms with E-state index < -0.39 is 0 Å². The van der Waals surface area contributed by atoms with Gasteiger partial charge in [-0.15, -0.1) is 0 Å². The molecule has 0 bridgehead atoms. The number of benzene rings is 2. The van der Waals surface area contributed by atoms with Crippen LogP contribution in [0.4, 0.5) is 0 Å². The van der Waals surface area contributed by atoms with Crippen LogP contribution in [0.5, 0.6) is 0 Å². The van der Waals surface area contributed by atoms with E-state index in [1.807, 2.05) is 83.7 Å². The third kappa shape index (κ3) is 4.52. The minimum absolute atomic E-state index is 0.247. The van der Waals surface area contributed by atoms with E-state index in [2.05, 4.69) is 20.3 Å². The summed E-state index contributed by atoms with van der Waals surface area (Å²) in [5.41, 5.74) is 4.85. The molecular formula is C26H20N6O. The maximum absolute atomic E-state index is 12.8. The zero-order valence-corrected chi connectivity index (χ0v) is 17.7. The van der Waals surface area contributed by atoms with Crippen LogP contribution in [0.25, 0.3) is 28.3 Å². The van der Waals surface area contributed by atoms with Crippen molar-refractivity contribution in [2.45, 2.75) is 6.54 Å². The molecule has 0 atom stereocenters. The highest BCUT2D eigenvalue weighted by Crippen LogP contribution is 2.23. The first-order chi connectivity index (χ1) is 16.3. The Bertz CT molecular complexity index is 1350. The van der Waals surface area contributed by atoms with Crippen molar-refractivity contribution in [3.05, 3.63) is 115 Å².